The quantitative estimate of drug-likeness (QED) is 0.381. The summed E-state index contributed by atoms with van der Waals surface area (Å²) in [6.07, 6.45) is 0.990. The second-order valence-corrected chi connectivity index (χ2v) is 11.0. The van der Waals surface area contributed by atoms with Crippen LogP contribution in [0.3, 0.4) is 0 Å². The van der Waals surface area contributed by atoms with Crippen LogP contribution in [0.15, 0.2) is 97.1 Å². The topological polar surface area (TPSA) is 81.8 Å². The number of piperazine rings is 1. The second kappa shape index (κ2) is 10.2. The summed E-state index contributed by atoms with van der Waals surface area (Å²) in [5.74, 6) is -0.177. The summed E-state index contributed by atoms with van der Waals surface area (Å²) < 4.78 is 0. The number of fused-ring (bicyclic) bond motifs is 4. The number of anilines is 2. The molecule has 3 amide bonds. The largest absolute Gasteiger partial charge is 0.381 e. The average molecular weight is 543 g/mol. The number of nitrogens with one attached hydrogen (secondary N) is 2. The van der Waals surface area contributed by atoms with Gasteiger partial charge in [0.1, 0.15) is 12.1 Å². The zero-order chi connectivity index (χ0) is 27.9. The van der Waals surface area contributed by atoms with E-state index in [4.69, 9.17) is 0 Å². The molecule has 0 spiro atoms. The van der Waals surface area contributed by atoms with Gasteiger partial charge in [-0.15, -0.1) is 0 Å². The monoisotopic (exact) mass is 542 g/mol. The minimum atomic E-state index is -0.503. The number of rotatable bonds is 5. The Bertz CT molecular complexity index is 1650. The van der Waals surface area contributed by atoms with Gasteiger partial charge in [-0.3, -0.25) is 14.4 Å². The number of amides is 3. The molecule has 7 heteroatoms. The summed E-state index contributed by atoms with van der Waals surface area (Å²) >= 11 is 0. The first-order valence-electron chi connectivity index (χ1n) is 14.0. The van der Waals surface area contributed by atoms with Gasteiger partial charge in [0.05, 0.1) is 0 Å². The summed E-state index contributed by atoms with van der Waals surface area (Å²) in [4.78, 5) is 43.8. The number of carbonyl (C=O) groups is 3. The lowest BCUT2D eigenvalue weighted by atomic mass is 9.85. The van der Waals surface area contributed by atoms with Gasteiger partial charge in [-0.25, -0.2) is 0 Å². The standard InChI is InChI=1S/C34H30N4O3/c39-32(23-9-5-2-6-10-23)36-29-14-12-25-18-31-33(40)37-20-26-15-28(35-19-22-7-3-1-4-8-22)13-11-24(26)17-30(37)34(41)38(31)21-27(25)16-29/h1-16,30-31,35H,17-21H2,(H,36,39). The van der Waals surface area contributed by atoms with Gasteiger partial charge in [0.25, 0.3) is 5.91 Å². The molecule has 2 atom stereocenters. The molecule has 7 nitrogen and oxygen atoms in total. The summed E-state index contributed by atoms with van der Waals surface area (Å²) in [5.41, 5.74) is 7.66. The van der Waals surface area contributed by atoms with Crippen molar-refractivity contribution < 1.29 is 14.4 Å². The molecule has 3 aliphatic rings. The predicted molar refractivity (Wildman–Crippen MR) is 157 cm³/mol. The van der Waals surface area contributed by atoms with Gasteiger partial charge in [0.15, 0.2) is 0 Å². The highest BCUT2D eigenvalue weighted by atomic mass is 16.2. The zero-order valence-corrected chi connectivity index (χ0v) is 22.5. The average Bonchev–Trinajstić information content (AvgIpc) is 3.02. The molecule has 2 unspecified atom stereocenters. The lowest BCUT2D eigenvalue weighted by Gasteiger charge is -2.49. The van der Waals surface area contributed by atoms with Gasteiger partial charge in [0, 0.05) is 49.4 Å². The van der Waals surface area contributed by atoms with E-state index in [9.17, 15) is 14.4 Å². The third-order valence-electron chi connectivity index (χ3n) is 8.44. The van der Waals surface area contributed by atoms with Crippen LogP contribution in [0.25, 0.3) is 0 Å². The molecule has 3 aliphatic heterocycles. The molecule has 4 aromatic rings. The molecule has 4 aromatic carbocycles. The lowest BCUT2D eigenvalue weighted by Crippen LogP contribution is -2.67. The normalized spacial score (nSPS) is 19.0. The van der Waals surface area contributed by atoms with Gasteiger partial charge in [-0.2, -0.15) is 0 Å². The molecule has 1 saturated heterocycles. The van der Waals surface area contributed by atoms with Crippen molar-refractivity contribution in [2.75, 3.05) is 10.6 Å². The van der Waals surface area contributed by atoms with E-state index in [0.29, 0.717) is 37.2 Å². The molecule has 41 heavy (non-hydrogen) atoms. The molecule has 0 bridgehead atoms. The van der Waals surface area contributed by atoms with Crippen LogP contribution >= 0.6 is 0 Å². The first kappa shape index (κ1) is 25.1. The van der Waals surface area contributed by atoms with Crippen molar-refractivity contribution in [3.05, 3.63) is 130 Å². The van der Waals surface area contributed by atoms with Crippen molar-refractivity contribution in [1.29, 1.82) is 0 Å². The first-order chi connectivity index (χ1) is 20.0. The summed E-state index contributed by atoms with van der Waals surface area (Å²) in [6.45, 7) is 1.52. The van der Waals surface area contributed by atoms with E-state index in [1.165, 1.54) is 5.56 Å². The third-order valence-corrected chi connectivity index (χ3v) is 8.44. The van der Waals surface area contributed by atoms with Gasteiger partial charge < -0.3 is 20.4 Å². The van der Waals surface area contributed by atoms with Gasteiger partial charge in [-0.05, 0) is 64.2 Å². The van der Waals surface area contributed by atoms with Crippen LogP contribution in [0.1, 0.15) is 38.2 Å². The number of hydrogen-bond acceptors (Lipinski definition) is 4. The van der Waals surface area contributed by atoms with E-state index in [-0.39, 0.29) is 17.7 Å². The Balaban J connectivity index is 1.08. The summed E-state index contributed by atoms with van der Waals surface area (Å²) in [7, 11) is 0. The Hall–Kier alpha value is -4.91. The van der Waals surface area contributed by atoms with Crippen molar-refractivity contribution >= 4 is 29.1 Å². The Labute approximate surface area is 238 Å². The molecule has 204 valence electrons. The Morgan fingerprint density at radius 2 is 1.20 bits per heavy atom. The van der Waals surface area contributed by atoms with Crippen molar-refractivity contribution in [2.45, 2.75) is 44.6 Å². The van der Waals surface area contributed by atoms with Crippen LogP contribution in [0.2, 0.25) is 0 Å². The van der Waals surface area contributed by atoms with E-state index in [1.807, 2.05) is 54.6 Å². The fourth-order valence-electron chi connectivity index (χ4n) is 6.24. The van der Waals surface area contributed by atoms with E-state index in [1.54, 1.807) is 21.9 Å². The van der Waals surface area contributed by atoms with Crippen molar-refractivity contribution in [3.8, 4) is 0 Å². The van der Waals surface area contributed by atoms with Crippen LogP contribution < -0.4 is 10.6 Å². The molecule has 0 saturated carbocycles. The minimum absolute atomic E-state index is 0.00379. The highest BCUT2D eigenvalue weighted by molar-refractivity contribution is 6.04. The number of benzene rings is 4. The third kappa shape index (κ3) is 4.73. The van der Waals surface area contributed by atoms with E-state index in [2.05, 4.69) is 41.0 Å². The predicted octanol–water partition coefficient (Wildman–Crippen LogP) is 4.77. The van der Waals surface area contributed by atoms with E-state index in [0.717, 1.165) is 34.5 Å². The maximum atomic E-state index is 13.8. The Kier molecular flexibility index (Phi) is 6.27. The molecule has 0 radical (unpaired) electrons. The molecule has 1 fully saturated rings. The Morgan fingerprint density at radius 3 is 1.80 bits per heavy atom. The van der Waals surface area contributed by atoms with Crippen LogP contribution in [0.5, 0.6) is 0 Å². The van der Waals surface area contributed by atoms with Crippen molar-refractivity contribution in [3.63, 3.8) is 0 Å². The number of carbonyl (C=O) groups excluding carboxylic acids is 3. The van der Waals surface area contributed by atoms with Gasteiger partial charge in [0.2, 0.25) is 11.8 Å². The Morgan fingerprint density at radius 1 is 0.659 bits per heavy atom. The van der Waals surface area contributed by atoms with E-state index >= 15 is 0 Å². The fourth-order valence-corrected chi connectivity index (χ4v) is 6.24. The van der Waals surface area contributed by atoms with Crippen molar-refractivity contribution in [2.24, 2.45) is 0 Å². The second-order valence-electron chi connectivity index (χ2n) is 11.0. The molecule has 7 rings (SSSR count). The van der Waals surface area contributed by atoms with Crippen molar-refractivity contribution in [1.82, 2.24) is 9.80 Å². The van der Waals surface area contributed by atoms with Gasteiger partial charge in [-0.1, -0.05) is 60.7 Å². The molecular weight excluding hydrogens is 512 g/mol. The van der Waals surface area contributed by atoms with Gasteiger partial charge >= 0.3 is 0 Å². The molecule has 0 aromatic heterocycles. The van der Waals surface area contributed by atoms with Crippen LogP contribution in [-0.2, 0) is 42.1 Å². The zero-order valence-electron chi connectivity index (χ0n) is 22.5. The van der Waals surface area contributed by atoms with Crippen LogP contribution in [-0.4, -0.2) is 39.6 Å². The molecule has 2 N–H and O–H groups in total. The van der Waals surface area contributed by atoms with E-state index < -0.39 is 12.1 Å². The highest BCUT2D eigenvalue weighted by Crippen LogP contribution is 2.36. The maximum Gasteiger partial charge on any atom is 0.255 e. The number of hydrogen-bond donors (Lipinski definition) is 2. The fraction of sp³-hybridized carbons (Fsp3) is 0.206. The maximum absolute atomic E-state index is 13.8. The smallest absolute Gasteiger partial charge is 0.255 e. The van der Waals surface area contributed by atoms with Crippen LogP contribution in [0, 0.1) is 0 Å². The summed E-state index contributed by atoms with van der Waals surface area (Å²) in [6, 6.07) is 30.3. The molecule has 3 heterocycles. The summed E-state index contributed by atoms with van der Waals surface area (Å²) in [5, 5.41) is 6.44. The highest BCUT2D eigenvalue weighted by Gasteiger charge is 2.49. The first-order valence-corrected chi connectivity index (χ1v) is 14.0. The number of nitrogens with zero attached hydrogens (tertiary/aromatic N) is 2. The molecular formula is C34H30N4O3. The lowest BCUT2D eigenvalue weighted by molar-refractivity contribution is -0.164. The van der Waals surface area contributed by atoms with Crippen LogP contribution in [0.4, 0.5) is 11.4 Å². The minimum Gasteiger partial charge on any atom is -0.381 e. The SMILES string of the molecule is O=C(Nc1ccc2c(c1)CN1C(=O)C3Cc4ccc(NCc5ccccc5)cc4CN3C(=O)C1C2)c1ccccc1. The molecule has 0 aliphatic carbocycles.